The number of ether oxygens (including phenoxy) is 1. The van der Waals surface area contributed by atoms with Crippen LogP contribution in [0.1, 0.15) is 40.5 Å². The Kier molecular flexibility index (Phi) is 7.10. The molecule has 26 heavy (non-hydrogen) atoms. The first-order valence-electron chi connectivity index (χ1n) is 9.30. The van der Waals surface area contributed by atoms with Gasteiger partial charge in [0, 0.05) is 6.54 Å². The van der Waals surface area contributed by atoms with Crippen molar-refractivity contribution in [3.8, 4) is 5.75 Å². The molecule has 1 unspecified atom stereocenters. The maximum atomic E-state index is 10.3. The predicted molar refractivity (Wildman–Crippen MR) is 103 cm³/mol. The zero-order valence-electron chi connectivity index (χ0n) is 16.3. The number of hydrogen-bond donors (Lipinski definition) is 3. The van der Waals surface area contributed by atoms with E-state index >= 15 is 0 Å². The first-order valence-corrected chi connectivity index (χ1v) is 9.30. The fraction of sp³-hybridized carbons (Fsp3) is 0.684. The van der Waals surface area contributed by atoms with E-state index in [0.717, 1.165) is 13.1 Å². The Morgan fingerprint density at radius 3 is 2.23 bits per heavy atom. The summed E-state index contributed by atoms with van der Waals surface area (Å²) in [5.74, 6) is 0.628. The predicted octanol–water partition coefficient (Wildman–Crippen LogP) is 0.776. The van der Waals surface area contributed by atoms with E-state index in [9.17, 15) is 15.2 Å². The topological polar surface area (TPSA) is 82.4 Å². The van der Waals surface area contributed by atoms with Gasteiger partial charge in [-0.3, -0.25) is 0 Å². The summed E-state index contributed by atoms with van der Waals surface area (Å²) in [5, 5.41) is 30.5. The van der Waals surface area contributed by atoms with E-state index < -0.39 is 24.4 Å². The summed E-state index contributed by atoms with van der Waals surface area (Å²) >= 11 is 0. The van der Waals surface area contributed by atoms with Crippen LogP contribution in [0.4, 0.5) is 0 Å². The highest BCUT2D eigenvalue weighted by atomic mass is 16.5. The number of hydrogen-bond acceptors (Lipinski definition) is 6. The van der Waals surface area contributed by atoms with Gasteiger partial charge in [0.15, 0.2) is 0 Å². The van der Waals surface area contributed by atoms with Gasteiger partial charge >= 0.3 is 7.12 Å². The monoisotopic (exact) mass is 365 g/mol. The minimum absolute atomic E-state index is 0.237. The van der Waals surface area contributed by atoms with Gasteiger partial charge in [-0.25, -0.2) is 0 Å². The molecule has 1 aromatic carbocycles. The SMILES string of the molecule is CC(C)(O)C(C)(C)OB(O)c1ccc(OCC(O)CN2CCCC2)cc1. The third-order valence-corrected chi connectivity index (χ3v) is 5.15. The Hall–Kier alpha value is -1.12. The van der Waals surface area contributed by atoms with Gasteiger partial charge in [-0.2, -0.15) is 0 Å². The average Bonchev–Trinajstić information content (AvgIpc) is 3.05. The van der Waals surface area contributed by atoms with Gasteiger partial charge in [0.25, 0.3) is 0 Å². The lowest BCUT2D eigenvalue weighted by Crippen LogP contribution is -2.53. The van der Waals surface area contributed by atoms with E-state index in [-0.39, 0.29) is 6.61 Å². The Bertz CT molecular complexity index is 552. The quantitative estimate of drug-likeness (QED) is 0.561. The normalized spacial score (nSPS) is 17.3. The van der Waals surface area contributed by atoms with Crippen LogP contribution in [0, 0.1) is 0 Å². The van der Waals surface area contributed by atoms with E-state index in [4.69, 9.17) is 9.39 Å². The fourth-order valence-corrected chi connectivity index (χ4v) is 2.73. The van der Waals surface area contributed by atoms with E-state index in [1.807, 2.05) is 0 Å². The Balaban J connectivity index is 1.83. The zero-order valence-corrected chi connectivity index (χ0v) is 16.3. The summed E-state index contributed by atoms with van der Waals surface area (Å²) in [6.45, 7) is 9.71. The smallest absolute Gasteiger partial charge is 0.491 e. The molecule has 3 N–H and O–H groups in total. The largest absolute Gasteiger partial charge is 0.491 e. The molecule has 0 aromatic heterocycles. The van der Waals surface area contributed by atoms with Crippen LogP contribution in [-0.4, -0.2) is 70.8 Å². The molecular formula is C19H32BNO5. The molecule has 1 atom stereocenters. The van der Waals surface area contributed by atoms with Gasteiger partial charge in [-0.1, -0.05) is 12.1 Å². The van der Waals surface area contributed by atoms with E-state index in [2.05, 4.69) is 4.90 Å². The fourth-order valence-electron chi connectivity index (χ4n) is 2.73. The van der Waals surface area contributed by atoms with Crippen molar-refractivity contribution in [2.75, 3.05) is 26.2 Å². The maximum absolute atomic E-state index is 10.3. The molecule has 1 saturated heterocycles. The molecule has 1 aliphatic rings. The third kappa shape index (κ3) is 5.96. The minimum atomic E-state index is -1.15. The second kappa shape index (κ2) is 8.72. The number of aliphatic hydroxyl groups is 2. The van der Waals surface area contributed by atoms with Crippen molar-refractivity contribution in [1.82, 2.24) is 4.90 Å². The number of β-amino-alcohol motifs (C(OH)–C–C–N with tert-alkyl or cyclic N) is 1. The van der Waals surface area contributed by atoms with Crippen LogP contribution < -0.4 is 10.2 Å². The molecule has 0 radical (unpaired) electrons. The molecule has 6 nitrogen and oxygen atoms in total. The van der Waals surface area contributed by atoms with Crippen LogP contribution in [0.3, 0.4) is 0 Å². The molecule has 1 fully saturated rings. The first-order chi connectivity index (χ1) is 12.1. The minimum Gasteiger partial charge on any atom is -0.491 e. The highest BCUT2D eigenvalue weighted by Crippen LogP contribution is 2.25. The van der Waals surface area contributed by atoms with Gasteiger partial charge in [0.05, 0.1) is 11.2 Å². The first kappa shape index (κ1) is 21.2. The van der Waals surface area contributed by atoms with Gasteiger partial charge in [-0.05, 0) is 71.2 Å². The number of benzene rings is 1. The van der Waals surface area contributed by atoms with E-state index in [1.54, 1.807) is 52.0 Å². The molecule has 1 aliphatic heterocycles. The lowest BCUT2D eigenvalue weighted by molar-refractivity contribution is -0.0982. The van der Waals surface area contributed by atoms with Crippen molar-refractivity contribution < 1.29 is 24.6 Å². The van der Waals surface area contributed by atoms with Crippen LogP contribution in [0.5, 0.6) is 5.75 Å². The number of rotatable bonds is 9. The van der Waals surface area contributed by atoms with E-state index in [1.165, 1.54) is 12.8 Å². The lowest BCUT2D eigenvalue weighted by atomic mass is 9.76. The molecule has 0 aliphatic carbocycles. The molecule has 1 heterocycles. The molecule has 0 saturated carbocycles. The second-order valence-electron chi connectivity index (χ2n) is 8.08. The van der Waals surface area contributed by atoms with Crippen molar-refractivity contribution in [3.05, 3.63) is 24.3 Å². The highest BCUT2D eigenvalue weighted by molar-refractivity contribution is 6.60. The third-order valence-electron chi connectivity index (χ3n) is 5.15. The summed E-state index contributed by atoms with van der Waals surface area (Å²) in [7, 11) is -1.15. The standard InChI is InChI=1S/C19H32BNO5/c1-18(2,23)19(3,4)26-20(24)15-7-9-17(10-8-15)25-14-16(22)13-21-11-5-6-12-21/h7-10,16,22-24H,5-6,11-14H2,1-4H3. The zero-order chi connectivity index (χ0) is 19.4. The molecule has 146 valence electrons. The summed E-state index contributed by atoms with van der Waals surface area (Å²) in [5.41, 5.74) is -1.43. The molecule has 0 bridgehead atoms. The molecule has 2 rings (SSSR count). The van der Waals surface area contributed by atoms with Crippen molar-refractivity contribution >= 4 is 12.6 Å². The second-order valence-corrected chi connectivity index (χ2v) is 8.08. The summed E-state index contributed by atoms with van der Waals surface area (Å²) in [6, 6.07) is 6.91. The van der Waals surface area contributed by atoms with Crippen molar-refractivity contribution in [2.45, 2.75) is 57.8 Å². The highest BCUT2D eigenvalue weighted by Gasteiger charge is 2.39. The van der Waals surface area contributed by atoms with E-state index in [0.29, 0.717) is 17.8 Å². The molecular weight excluding hydrogens is 333 g/mol. The van der Waals surface area contributed by atoms with Crippen LogP contribution in [0.25, 0.3) is 0 Å². The van der Waals surface area contributed by atoms with Crippen LogP contribution in [-0.2, 0) is 4.65 Å². The summed E-state index contributed by atoms with van der Waals surface area (Å²) < 4.78 is 11.2. The number of aliphatic hydroxyl groups excluding tert-OH is 1. The van der Waals surface area contributed by atoms with Crippen molar-refractivity contribution in [1.29, 1.82) is 0 Å². The van der Waals surface area contributed by atoms with Gasteiger partial charge in [-0.15, -0.1) is 0 Å². The lowest BCUT2D eigenvalue weighted by Gasteiger charge is -2.38. The average molecular weight is 365 g/mol. The van der Waals surface area contributed by atoms with Gasteiger partial charge in [0.1, 0.15) is 18.5 Å². The summed E-state index contributed by atoms with van der Waals surface area (Å²) in [4.78, 5) is 2.25. The van der Waals surface area contributed by atoms with Crippen LogP contribution in [0.2, 0.25) is 0 Å². The molecule has 0 spiro atoms. The molecule has 1 aromatic rings. The molecule has 0 amide bonds. The number of nitrogens with zero attached hydrogens (tertiary/aromatic N) is 1. The van der Waals surface area contributed by atoms with Crippen molar-refractivity contribution in [2.24, 2.45) is 0 Å². The van der Waals surface area contributed by atoms with Crippen LogP contribution in [0.15, 0.2) is 24.3 Å². The molecule has 7 heteroatoms. The van der Waals surface area contributed by atoms with Crippen LogP contribution >= 0.6 is 0 Å². The van der Waals surface area contributed by atoms with Gasteiger partial charge < -0.3 is 29.5 Å². The van der Waals surface area contributed by atoms with Gasteiger partial charge in [0.2, 0.25) is 0 Å². The maximum Gasteiger partial charge on any atom is 0.491 e. The Labute approximate surface area is 156 Å². The Morgan fingerprint density at radius 1 is 1.12 bits per heavy atom. The Morgan fingerprint density at radius 2 is 1.69 bits per heavy atom. The summed E-state index contributed by atoms with van der Waals surface area (Å²) in [6.07, 6.45) is 1.88. The van der Waals surface area contributed by atoms with Crippen molar-refractivity contribution in [3.63, 3.8) is 0 Å². The number of likely N-dealkylation sites (tertiary alicyclic amines) is 1.